The monoisotopic (exact) mass is 705 g/mol. The summed E-state index contributed by atoms with van der Waals surface area (Å²) in [6, 6.07) is 51.1. The molecule has 0 spiro atoms. The van der Waals surface area contributed by atoms with Gasteiger partial charge in [-0.3, -0.25) is 0 Å². The van der Waals surface area contributed by atoms with Crippen molar-refractivity contribution in [3.63, 3.8) is 0 Å². The van der Waals surface area contributed by atoms with E-state index in [1.807, 2.05) is 127 Å². The Bertz CT molecular complexity index is 3020. The molecular formula is C45H27N3O6. The standard InChI is InChI=1S/C45H27N3O6/c1-4-13-34-28(10-1)22-31-25-37(34)52-43-19-8-17-41(47-43)50-32-23-29-11-3-6-15-36(29)39(26-32)54-45-21-9-18-42(48-45)51-33-24-30-12-2-5-14-35(30)38(27-33)53-44-20-7-16-40(46-44)49-31/h1-27H. The SMILES string of the molecule is c1cc2nc(c1)oc1cc(cc3ccccc31)oc1cccc(n1)oc1cc(cc3ccccc31)oc1cccc(n1)oc1cc(cc3ccccc31)o2. The van der Waals surface area contributed by atoms with Gasteiger partial charge in [0.05, 0.1) is 0 Å². The summed E-state index contributed by atoms with van der Waals surface area (Å²) in [5.74, 6) is 0. The van der Waals surface area contributed by atoms with Crippen LogP contribution in [0.25, 0.3) is 100 Å². The highest BCUT2D eigenvalue weighted by Crippen LogP contribution is 2.27. The van der Waals surface area contributed by atoms with Gasteiger partial charge in [-0.1, -0.05) is 91.0 Å². The van der Waals surface area contributed by atoms with E-state index in [4.69, 9.17) is 26.5 Å². The van der Waals surface area contributed by atoms with Gasteiger partial charge in [-0.2, -0.15) is 15.0 Å². The molecule has 0 saturated heterocycles. The highest BCUT2D eigenvalue weighted by atomic mass is 16.4. The molecular weight excluding hydrogens is 679 g/mol. The van der Waals surface area contributed by atoms with Crippen LogP contribution in [0.2, 0.25) is 0 Å². The van der Waals surface area contributed by atoms with Crippen molar-refractivity contribution in [2.75, 3.05) is 0 Å². The molecule has 12 bridgehead atoms. The summed E-state index contributed by atoms with van der Waals surface area (Å²) < 4.78 is 38.2. The van der Waals surface area contributed by atoms with Crippen LogP contribution in [-0.2, 0) is 0 Å². The Balaban J connectivity index is 1.34. The molecule has 4 heterocycles. The van der Waals surface area contributed by atoms with Gasteiger partial charge in [0.1, 0.15) is 33.5 Å². The Morgan fingerprint density at radius 2 is 0.537 bits per heavy atom. The maximum atomic E-state index is 6.42. The third kappa shape index (κ3) is 6.26. The van der Waals surface area contributed by atoms with E-state index in [2.05, 4.69) is 15.0 Å². The molecule has 0 unspecified atom stereocenters. The number of aromatic nitrogens is 3. The van der Waals surface area contributed by atoms with E-state index >= 15 is 0 Å². The van der Waals surface area contributed by atoms with Crippen LogP contribution < -0.4 is 0 Å². The number of hydrogen-bond donors (Lipinski definition) is 0. The van der Waals surface area contributed by atoms with Crippen LogP contribution >= 0.6 is 0 Å². The van der Waals surface area contributed by atoms with Crippen LogP contribution in [0.4, 0.5) is 0 Å². The van der Waals surface area contributed by atoms with Crippen molar-refractivity contribution < 1.29 is 26.5 Å². The Hall–Kier alpha value is -7.65. The van der Waals surface area contributed by atoms with E-state index in [1.165, 1.54) is 0 Å². The van der Waals surface area contributed by atoms with Gasteiger partial charge in [0.15, 0.2) is 0 Å². The van der Waals surface area contributed by atoms with Gasteiger partial charge in [0, 0.05) is 70.8 Å². The molecule has 0 fully saturated rings. The predicted molar refractivity (Wildman–Crippen MR) is 210 cm³/mol. The van der Waals surface area contributed by atoms with Crippen molar-refractivity contribution >= 4 is 100 Å². The quantitative estimate of drug-likeness (QED) is 0.152. The molecule has 0 aliphatic heterocycles. The van der Waals surface area contributed by atoms with Crippen LogP contribution in [0.3, 0.4) is 0 Å². The van der Waals surface area contributed by atoms with Crippen molar-refractivity contribution in [2.24, 2.45) is 0 Å². The Morgan fingerprint density at radius 1 is 0.259 bits per heavy atom. The first-order valence-corrected chi connectivity index (χ1v) is 17.2. The molecule has 6 aromatic carbocycles. The highest BCUT2D eigenvalue weighted by Gasteiger charge is 2.05. The number of hydrogen-bond acceptors (Lipinski definition) is 9. The van der Waals surface area contributed by atoms with Crippen LogP contribution in [0.5, 0.6) is 0 Å². The molecule has 0 saturated carbocycles. The summed E-state index contributed by atoms with van der Waals surface area (Å²) in [5.41, 5.74) is 5.25. The molecule has 0 N–H and O–H groups in total. The van der Waals surface area contributed by atoms with Crippen molar-refractivity contribution in [1.29, 1.82) is 0 Å². The largest absolute Gasteiger partial charge is 0.439 e. The van der Waals surface area contributed by atoms with Gasteiger partial charge in [-0.15, -0.1) is 0 Å². The third-order valence-corrected chi connectivity index (χ3v) is 8.80. The summed E-state index contributed by atoms with van der Waals surface area (Å²) in [4.78, 5) is 14.1. The normalized spacial score (nSPS) is 11.3. The van der Waals surface area contributed by atoms with E-state index in [-0.39, 0.29) is 0 Å². The minimum atomic E-state index is 0.337. The molecule has 10 rings (SSSR count). The molecule has 0 amide bonds. The van der Waals surface area contributed by atoms with Crippen molar-refractivity contribution in [1.82, 2.24) is 15.0 Å². The second-order valence-corrected chi connectivity index (χ2v) is 12.5. The van der Waals surface area contributed by atoms with E-state index in [1.54, 1.807) is 36.4 Å². The van der Waals surface area contributed by atoms with Gasteiger partial charge in [0.25, 0.3) is 0 Å². The first kappa shape index (κ1) is 31.1. The third-order valence-electron chi connectivity index (χ3n) is 8.80. The van der Waals surface area contributed by atoms with Crippen LogP contribution in [0.15, 0.2) is 190 Å². The van der Waals surface area contributed by atoms with E-state index in [9.17, 15) is 0 Å². The highest BCUT2D eigenvalue weighted by molar-refractivity contribution is 6.00. The molecule has 0 aliphatic rings. The second-order valence-electron chi connectivity index (χ2n) is 12.5. The minimum Gasteiger partial charge on any atom is -0.439 e. The average molecular weight is 706 g/mol. The zero-order chi connectivity index (χ0) is 35.8. The summed E-state index contributed by atoms with van der Waals surface area (Å²) in [6.45, 7) is 0. The minimum absolute atomic E-state index is 0.337. The van der Waals surface area contributed by atoms with E-state index in [0.29, 0.717) is 67.8 Å². The number of rotatable bonds is 0. The van der Waals surface area contributed by atoms with Gasteiger partial charge >= 0.3 is 0 Å². The summed E-state index contributed by atoms with van der Waals surface area (Å²) in [7, 11) is 0. The molecule has 54 heavy (non-hydrogen) atoms. The first-order chi connectivity index (χ1) is 26.6. The summed E-state index contributed by atoms with van der Waals surface area (Å²) in [6.07, 6.45) is 0. The van der Waals surface area contributed by atoms with Crippen LogP contribution in [0.1, 0.15) is 0 Å². The maximum absolute atomic E-state index is 6.42. The molecule has 258 valence electrons. The maximum Gasteiger partial charge on any atom is 0.222 e. The fraction of sp³-hybridized carbons (Fsp3) is 0. The molecule has 9 nitrogen and oxygen atoms in total. The van der Waals surface area contributed by atoms with E-state index in [0.717, 1.165) is 32.3 Å². The fourth-order valence-electron chi connectivity index (χ4n) is 6.41. The lowest BCUT2D eigenvalue weighted by Gasteiger charge is -2.01. The number of fused-ring (bicyclic) bond motifs is 18. The Labute approximate surface area is 304 Å². The zero-order valence-corrected chi connectivity index (χ0v) is 28.4. The van der Waals surface area contributed by atoms with Crippen LogP contribution in [-0.4, -0.2) is 15.0 Å². The van der Waals surface area contributed by atoms with E-state index < -0.39 is 0 Å². The fourth-order valence-corrected chi connectivity index (χ4v) is 6.41. The smallest absolute Gasteiger partial charge is 0.222 e. The Morgan fingerprint density at radius 3 is 0.852 bits per heavy atom. The summed E-state index contributed by atoms with van der Waals surface area (Å²) >= 11 is 0. The summed E-state index contributed by atoms with van der Waals surface area (Å²) in [5, 5.41) is 5.39. The van der Waals surface area contributed by atoms with Crippen LogP contribution in [0, 0.1) is 0 Å². The number of benzene rings is 6. The molecule has 4 aromatic heterocycles. The predicted octanol–water partition coefficient (Wildman–Crippen LogP) is 12.9. The van der Waals surface area contributed by atoms with Gasteiger partial charge in [0.2, 0.25) is 34.3 Å². The lowest BCUT2D eigenvalue weighted by Crippen LogP contribution is -1.80. The Kier molecular flexibility index (Phi) is 7.58. The van der Waals surface area contributed by atoms with Crippen molar-refractivity contribution in [2.45, 2.75) is 0 Å². The number of pyridine rings is 3. The molecule has 0 radical (unpaired) electrons. The zero-order valence-electron chi connectivity index (χ0n) is 28.4. The lowest BCUT2D eigenvalue weighted by molar-refractivity contribution is 0.607. The molecule has 0 aliphatic carbocycles. The van der Waals surface area contributed by atoms with Gasteiger partial charge in [-0.25, -0.2) is 0 Å². The van der Waals surface area contributed by atoms with Crippen molar-refractivity contribution in [3.05, 3.63) is 164 Å². The molecule has 0 atom stereocenters. The number of nitrogens with zero attached hydrogens (tertiary/aromatic N) is 3. The first-order valence-electron chi connectivity index (χ1n) is 17.2. The topological polar surface area (TPSA) is 118 Å². The van der Waals surface area contributed by atoms with Gasteiger partial charge in [-0.05, 0) is 34.4 Å². The van der Waals surface area contributed by atoms with Crippen molar-refractivity contribution in [3.8, 4) is 0 Å². The van der Waals surface area contributed by atoms with Gasteiger partial charge < -0.3 is 26.5 Å². The average Bonchev–Trinajstić information content (AvgIpc) is 3.18. The molecule has 10 aromatic rings. The lowest BCUT2D eigenvalue weighted by atomic mass is 10.1. The second kappa shape index (κ2) is 13.2. The molecule has 9 heteroatoms.